The fraction of sp³-hybridized carbons (Fsp3) is 0.280. The van der Waals surface area contributed by atoms with Crippen LogP contribution in [-0.2, 0) is 14.8 Å². The number of nitrogens with zero attached hydrogens (tertiary/aromatic N) is 2. The predicted octanol–water partition coefficient (Wildman–Crippen LogP) is 4.25. The third-order valence-electron chi connectivity index (χ3n) is 5.93. The summed E-state index contributed by atoms with van der Waals surface area (Å²) in [7, 11) is -3.64. The summed E-state index contributed by atoms with van der Waals surface area (Å²) >= 11 is 0. The van der Waals surface area contributed by atoms with E-state index in [1.165, 1.54) is 4.31 Å². The lowest BCUT2D eigenvalue weighted by molar-refractivity contribution is -0.116. The second-order valence-corrected chi connectivity index (χ2v) is 9.71. The summed E-state index contributed by atoms with van der Waals surface area (Å²) < 4.78 is 27.5. The van der Waals surface area contributed by atoms with Gasteiger partial charge in [0.25, 0.3) is 15.9 Å². The van der Waals surface area contributed by atoms with Gasteiger partial charge in [-0.15, -0.1) is 0 Å². The molecule has 0 saturated heterocycles. The summed E-state index contributed by atoms with van der Waals surface area (Å²) in [6.07, 6.45) is 0.480. The first-order valence-corrected chi connectivity index (χ1v) is 12.5. The van der Waals surface area contributed by atoms with Gasteiger partial charge < -0.3 is 10.2 Å². The molecule has 3 aromatic rings. The quantitative estimate of drug-likeness (QED) is 0.539. The van der Waals surface area contributed by atoms with Crippen LogP contribution in [-0.4, -0.2) is 44.8 Å². The van der Waals surface area contributed by atoms with Gasteiger partial charge in [-0.3, -0.25) is 13.9 Å². The molecule has 8 heteroatoms. The first-order chi connectivity index (χ1) is 15.9. The van der Waals surface area contributed by atoms with Crippen LogP contribution in [0.15, 0.2) is 65.6 Å². The van der Waals surface area contributed by atoms with E-state index in [0.29, 0.717) is 41.3 Å². The van der Waals surface area contributed by atoms with Gasteiger partial charge >= 0.3 is 0 Å². The summed E-state index contributed by atoms with van der Waals surface area (Å²) in [6, 6.07) is 17.7. The van der Waals surface area contributed by atoms with Crippen molar-refractivity contribution in [1.29, 1.82) is 0 Å². The number of rotatable bonds is 8. The molecule has 0 aliphatic carbocycles. The molecular weight excluding hydrogens is 438 g/mol. The highest BCUT2D eigenvalue weighted by Crippen LogP contribution is 2.41. The van der Waals surface area contributed by atoms with Gasteiger partial charge in [-0.2, -0.15) is 0 Å². The zero-order valence-corrected chi connectivity index (χ0v) is 19.6. The van der Waals surface area contributed by atoms with E-state index in [2.05, 4.69) is 5.32 Å². The molecule has 2 amide bonds. The van der Waals surface area contributed by atoms with E-state index in [4.69, 9.17) is 0 Å². The minimum atomic E-state index is -3.64. The first kappa shape index (κ1) is 22.8. The normalized spacial score (nSPS) is 13.8. The molecule has 0 saturated carbocycles. The van der Waals surface area contributed by atoms with Crippen molar-refractivity contribution >= 4 is 44.0 Å². The van der Waals surface area contributed by atoms with E-state index in [9.17, 15) is 18.0 Å². The zero-order chi connectivity index (χ0) is 23.6. The van der Waals surface area contributed by atoms with Crippen molar-refractivity contribution in [3.8, 4) is 0 Å². The average molecular weight is 466 g/mol. The lowest BCUT2D eigenvalue weighted by atomic mass is 10.1. The summed E-state index contributed by atoms with van der Waals surface area (Å²) in [5.74, 6) is -0.396. The second kappa shape index (κ2) is 9.23. The van der Waals surface area contributed by atoms with E-state index >= 15 is 0 Å². The molecule has 3 aromatic carbocycles. The molecule has 4 rings (SSSR count). The zero-order valence-electron chi connectivity index (χ0n) is 18.7. The highest BCUT2D eigenvalue weighted by Gasteiger charge is 2.35. The van der Waals surface area contributed by atoms with Crippen LogP contribution in [0.3, 0.4) is 0 Å². The Bertz CT molecular complexity index is 1310. The lowest BCUT2D eigenvalue weighted by Gasteiger charge is -2.21. The van der Waals surface area contributed by atoms with Gasteiger partial charge in [0.15, 0.2) is 0 Å². The van der Waals surface area contributed by atoms with E-state index in [1.54, 1.807) is 47.4 Å². The van der Waals surface area contributed by atoms with Crippen LogP contribution in [0.1, 0.15) is 37.0 Å². The molecule has 7 nitrogen and oxygen atoms in total. The third kappa shape index (κ3) is 4.18. The van der Waals surface area contributed by atoms with Gasteiger partial charge in [-0.1, -0.05) is 36.4 Å². The Morgan fingerprint density at radius 2 is 1.64 bits per heavy atom. The van der Waals surface area contributed by atoms with Gasteiger partial charge in [-0.05, 0) is 49.9 Å². The van der Waals surface area contributed by atoms with Crippen LogP contribution < -0.4 is 9.62 Å². The molecule has 0 spiro atoms. The number of para-hydroxylation sites is 1. The van der Waals surface area contributed by atoms with Crippen molar-refractivity contribution in [2.24, 2.45) is 0 Å². The molecule has 0 radical (unpaired) electrons. The standard InChI is InChI=1S/C25H27N3O4S/c1-3-27(4-2)25(30)19-12-5-6-13-20(19)26-23(29)16-9-17-28-21-14-7-10-18-11-8-15-22(24(18)21)33(28,31)32/h5-8,10-15H,3-4,9,16-17H2,1-2H3,(H,26,29). The van der Waals surface area contributed by atoms with Gasteiger partial charge in [0.2, 0.25) is 5.91 Å². The maximum absolute atomic E-state index is 13.1. The monoisotopic (exact) mass is 465 g/mol. The van der Waals surface area contributed by atoms with Crippen molar-refractivity contribution in [1.82, 2.24) is 4.90 Å². The molecule has 0 aromatic heterocycles. The van der Waals surface area contributed by atoms with Crippen molar-refractivity contribution in [3.05, 3.63) is 66.2 Å². The maximum atomic E-state index is 13.1. The Balaban J connectivity index is 1.44. The molecular formula is C25H27N3O4S. The summed E-state index contributed by atoms with van der Waals surface area (Å²) in [5.41, 5.74) is 1.56. The Morgan fingerprint density at radius 3 is 2.36 bits per heavy atom. The summed E-state index contributed by atoms with van der Waals surface area (Å²) in [5, 5.41) is 4.43. The Labute approximate surface area is 194 Å². The number of anilines is 2. The van der Waals surface area contributed by atoms with Crippen LogP contribution in [0.2, 0.25) is 0 Å². The van der Waals surface area contributed by atoms with Gasteiger partial charge in [-0.25, -0.2) is 8.42 Å². The van der Waals surface area contributed by atoms with Crippen molar-refractivity contribution in [2.75, 3.05) is 29.3 Å². The van der Waals surface area contributed by atoms with Crippen molar-refractivity contribution in [3.63, 3.8) is 0 Å². The number of nitrogens with one attached hydrogen (secondary N) is 1. The average Bonchev–Trinajstić information content (AvgIpc) is 3.03. The Morgan fingerprint density at radius 1 is 0.939 bits per heavy atom. The molecule has 0 bridgehead atoms. The Hall–Kier alpha value is -3.39. The van der Waals surface area contributed by atoms with E-state index in [-0.39, 0.29) is 24.8 Å². The van der Waals surface area contributed by atoms with Gasteiger partial charge in [0, 0.05) is 31.4 Å². The SMILES string of the molecule is CCN(CC)C(=O)c1ccccc1NC(=O)CCCN1c2cccc3cccc(c23)S1(=O)=O. The smallest absolute Gasteiger partial charge is 0.265 e. The molecule has 33 heavy (non-hydrogen) atoms. The van der Waals surface area contributed by atoms with Crippen LogP contribution >= 0.6 is 0 Å². The molecule has 0 atom stereocenters. The molecule has 1 heterocycles. The van der Waals surface area contributed by atoms with Crippen molar-refractivity contribution in [2.45, 2.75) is 31.6 Å². The number of hydrogen-bond acceptors (Lipinski definition) is 4. The third-order valence-corrected chi connectivity index (χ3v) is 7.78. The molecule has 172 valence electrons. The minimum Gasteiger partial charge on any atom is -0.339 e. The molecule has 1 N–H and O–H groups in total. The number of amides is 2. The van der Waals surface area contributed by atoms with Crippen LogP contribution in [0.5, 0.6) is 0 Å². The maximum Gasteiger partial charge on any atom is 0.265 e. The highest BCUT2D eigenvalue weighted by atomic mass is 32.2. The fourth-order valence-corrected chi connectivity index (χ4v) is 6.00. The Kier molecular flexibility index (Phi) is 6.37. The van der Waals surface area contributed by atoms with Crippen molar-refractivity contribution < 1.29 is 18.0 Å². The number of benzene rings is 3. The van der Waals surface area contributed by atoms with E-state index < -0.39 is 10.0 Å². The van der Waals surface area contributed by atoms with E-state index in [0.717, 1.165) is 10.8 Å². The molecule has 1 aliphatic heterocycles. The topological polar surface area (TPSA) is 86.8 Å². The first-order valence-electron chi connectivity index (χ1n) is 11.1. The predicted molar refractivity (Wildman–Crippen MR) is 130 cm³/mol. The molecule has 0 fully saturated rings. The second-order valence-electron chi connectivity index (χ2n) is 7.88. The summed E-state index contributed by atoms with van der Waals surface area (Å²) in [4.78, 5) is 27.4. The van der Waals surface area contributed by atoms with Gasteiger partial charge in [0.05, 0.1) is 21.8 Å². The number of carbonyl (C=O) groups is 2. The molecule has 0 unspecified atom stereocenters. The van der Waals surface area contributed by atoms with Gasteiger partial charge in [0.1, 0.15) is 0 Å². The van der Waals surface area contributed by atoms with Crippen LogP contribution in [0.4, 0.5) is 11.4 Å². The van der Waals surface area contributed by atoms with E-state index in [1.807, 2.05) is 32.0 Å². The fourth-order valence-electron chi connectivity index (χ4n) is 4.25. The number of hydrogen-bond donors (Lipinski definition) is 1. The largest absolute Gasteiger partial charge is 0.339 e. The van der Waals surface area contributed by atoms with Crippen LogP contribution in [0.25, 0.3) is 10.8 Å². The number of sulfonamides is 1. The minimum absolute atomic E-state index is 0.131. The lowest BCUT2D eigenvalue weighted by Crippen LogP contribution is -2.31. The molecule has 1 aliphatic rings. The number of carbonyl (C=O) groups excluding carboxylic acids is 2. The summed E-state index contributed by atoms with van der Waals surface area (Å²) in [6.45, 7) is 5.18. The van der Waals surface area contributed by atoms with Crippen LogP contribution in [0, 0.1) is 0 Å². The highest BCUT2D eigenvalue weighted by molar-refractivity contribution is 7.93.